The second-order valence-corrected chi connectivity index (χ2v) is 3.90. The maximum Gasteiger partial charge on any atom is 0.320 e. The summed E-state index contributed by atoms with van der Waals surface area (Å²) in [6.45, 7) is 10.0. The van der Waals surface area contributed by atoms with Gasteiger partial charge in [0.15, 0.2) is 0 Å². The van der Waals surface area contributed by atoms with Gasteiger partial charge in [-0.25, -0.2) is 0 Å². The van der Waals surface area contributed by atoms with E-state index in [0.29, 0.717) is 6.42 Å². The van der Waals surface area contributed by atoms with Crippen LogP contribution in [0.5, 0.6) is 0 Å². The van der Waals surface area contributed by atoms with Gasteiger partial charge in [-0.2, -0.15) is 0 Å². The molecular formula is C10H21NO2. The fourth-order valence-electron chi connectivity index (χ4n) is 1.83. The van der Waals surface area contributed by atoms with Gasteiger partial charge in [0.1, 0.15) is 6.04 Å². The maximum absolute atomic E-state index is 10.9. The van der Waals surface area contributed by atoms with Gasteiger partial charge in [-0.05, 0) is 34.1 Å². The summed E-state index contributed by atoms with van der Waals surface area (Å²) in [5, 5.41) is 9.00. The zero-order chi connectivity index (χ0) is 10.6. The van der Waals surface area contributed by atoms with Gasteiger partial charge in [-0.15, -0.1) is 0 Å². The summed E-state index contributed by atoms with van der Waals surface area (Å²) in [5.41, 5.74) is 0. The zero-order valence-electron chi connectivity index (χ0n) is 9.24. The first kappa shape index (κ1) is 12.4. The molecule has 0 saturated heterocycles. The Hall–Kier alpha value is -0.570. The summed E-state index contributed by atoms with van der Waals surface area (Å²) in [6, 6.07) is 0.210. The number of rotatable bonds is 5. The van der Waals surface area contributed by atoms with E-state index in [4.69, 9.17) is 5.11 Å². The molecule has 0 aromatic rings. The van der Waals surface area contributed by atoms with Crippen LogP contribution in [0.3, 0.4) is 0 Å². The fraction of sp³-hybridized carbons (Fsp3) is 0.900. The Morgan fingerprint density at radius 1 is 1.23 bits per heavy atom. The first-order chi connectivity index (χ1) is 5.91. The van der Waals surface area contributed by atoms with E-state index >= 15 is 0 Å². The van der Waals surface area contributed by atoms with E-state index in [0.717, 1.165) is 0 Å². The number of aliphatic carboxylic acids is 1. The highest BCUT2D eigenvalue weighted by Crippen LogP contribution is 2.13. The van der Waals surface area contributed by atoms with Crippen molar-refractivity contribution >= 4 is 5.97 Å². The third-order valence-corrected chi connectivity index (χ3v) is 2.22. The van der Waals surface area contributed by atoms with Crippen molar-refractivity contribution in [1.29, 1.82) is 0 Å². The van der Waals surface area contributed by atoms with Crippen LogP contribution in [0, 0.1) is 0 Å². The van der Waals surface area contributed by atoms with Gasteiger partial charge in [0.2, 0.25) is 0 Å². The smallest absolute Gasteiger partial charge is 0.320 e. The van der Waals surface area contributed by atoms with Crippen LogP contribution in [0.1, 0.15) is 41.0 Å². The Kier molecular flexibility index (Phi) is 4.99. The van der Waals surface area contributed by atoms with Crippen LogP contribution in [-0.2, 0) is 4.79 Å². The number of carbonyl (C=O) groups is 1. The van der Waals surface area contributed by atoms with E-state index in [-0.39, 0.29) is 18.1 Å². The lowest BCUT2D eigenvalue weighted by atomic mass is 10.1. The molecule has 1 atom stereocenters. The van der Waals surface area contributed by atoms with Gasteiger partial charge in [0, 0.05) is 12.1 Å². The van der Waals surface area contributed by atoms with Gasteiger partial charge in [0.25, 0.3) is 0 Å². The minimum Gasteiger partial charge on any atom is -0.480 e. The zero-order valence-corrected chi connectivity index (χ0v) is 9.24. The molecule has 0 aliphatic heterocycles. The van der Waals surface area contributed by atoms with Gasteiger partial charge in [-0.3, -0.25) is 9.69 Å². The first-order valence-corrected chi connectivity index (χ1v) is 4.92. The Labute approximate surface area is 80.7 Å². The minimum atomic E-state index is -0.718. The number of nitrogens with zero attached hydrogens (tertiary/aromatic N) is 1. The molecule has 1 unspecified atom stereocenters. The third-order valence-electron chi connectivity index (χ3n) is 2.22. The summed E-state index contributed by atoms with van der Waals surface area (Å²) in [5.74, 6) is -0.718. The molecule has 0 aromatic carbocycles. The van der Waals surface area contributed by atoms with Gasteiger partial charge < -0.3 is 5.11 Å². The molecule has 0 fully saturated rings. The molecule has 0 heterocycles. The molecule has 1 N–H and O–H groups in total. The molecule has 13 heavy (non-hydrogen) atoms. The molecule has 0 bridgehead atoms. The molecule has 0 aliphatic carbocycles. The van der Waals surface area contributed by atoms with Crippen LogP contribution >= 0.6 is 0 Å². The Morgan fingerprint density at radius 3 is 1.69 bits per heavy atom. The topological polar surface area (TPSA) is 40.5 Å². The van der Waals surface area contributed by atoms with Crippen molar-refractivity contribution in [1.82, 2.24) is 4.90 Å². The lowest BCUT2D eigenvalue weighted by Gasteiger charge is -2.35. The standard InChI is InChI=1S/C10H21NO2/c1-6-9(10(12)13)11(7(2)3)8(4)5/h7-9H,6H2,1-5H3,(H,12,13). The van der Waals surface area contributed by atoms with E-state index < -0.39 is 5.97 Å². The normalized spacial score (nSPS) is 14.2. The maximum atomic E-state index is 10.9. The highest BCUT2D eigenvalue weighted by molar-refractivity contribution is 5.73. The lowest BCUT2D eigenvalue weighted by Crippen LogP contribution is -2.48. The highest BCUT2D eigenvalue weighted by Gasteiger charge is 2.27. The molecule has 0 rings (SSSR count). The molecular weight excluding hydrogens is 166 g/mol. The van der Waals surface area contributed by atoms with E-state index in [1.165, 1.54) is 0 Å². The van der Waals surface area contributed by atoms with Crippen molar-refractivity contribution in [3.63, 3.8) is 0 Å². The summed E-state index contributed by atoms with van der Waals surface area (Å²) < 4.78 is 0. The van der Waals surface area contributed by atoms with Crippen molar-refractivity contribution in [2.75, 3.05) is 0 Å². The van der Waals surface area contributed by atoms with E-state index in [1.807, 2.05) is 39.5 Å². The van der Waals surface area contributed by atoms with Crippen LogP contribution in [-0.4, -0.2) is 34.1 Å². The molecule has 0 saturated carbocycles. The molecule has 3 nitrogen and oxygen atoms in total. The molecule has 0 amide bonds. The second kappa shape index (κ2) is 5.22. The quantitative estimate of drug-likeness (QED) is 0.715. The fourth-order valence-corrected chi connectivity index (χ4v) is 1.83. The van der Waals surface area contributed by atoms with Gasteiger partial charge in [0.05, 0.1) is 0 Å². The van der Waals surface area contributed by atoms with E-state index in [9.17, 15) is 4.79 Å². The summed E-state index contributed by atoms with van der Waals surface area (Å²) in [6.07, 6.45) is 0.658. The molecule has 0 aliphatic rings. The van der Waals surface area contributed by atoms with E-state index in [1.54, 1.807) is 0 Å². The average Bonchev–Trinajstić information content (AvgIpc) is 1.97. The van der Waals surface area contributed by atoms with Crippen LogP contribution in [0.4, 0.5) is 0 Å². The average molecular weight is 187 g/mol. The van der Waals surface area contributed by atoms with Crippen molar-refractivity contribution in [2.45, 2.75) is 59.2 Å². The summed E-state index contributed by atoms with van der Waals surface area (Å²) >= 11 is 0. The van der Waals surface area contributed by atoms with Gasteiger partial charge in [-0.1, -0.05) is 6.92 Å². The highest BCUT2D eigenvalue weighted by atomic mass is 16.4. The van der Waals surface area contributed by atoms with Crippen molar-refractivity contribution in [3.05, 3.63) is 0 Å². The third kappa shape index (κ3) is 3.35. The minimum absolute atomic E-state index is 0.279. The summed E-state index contributed by atoms with van der Waals surface area (Å²) in [7, 11) is 0. The monoisotopic (exact) mass is 187 g/mol. The Morgan fingerprint density at radius 2 is 1.62 bits per heavy atom. The molecule has 0 radical (unpaired) electrons. The first-order valence-electron chi connectivity index (χ1n) is 4.92. The second-order valence-electron chi connectivity index (χ2n) is 3.90. The number of hydrogen-bond donors (Lipinski definition) is 1. The largest absolute Gasteiger partial charge is 0.480 e. The summed E-state index contributed by atoms with van der Waals surface area (Å²) in [4.78, 5) is 13.0. The van der Waals surface area contributed by atoms with Crippen molar-refractivity contribution < 1.29 is 9.90 Å². The van der Waals surface area contributed by atoms with Crippen molar-refractivity contribution in [2.24, 2.45) is 0 Å². The number of carboxylic acids is 1. The SMILES string of the molecule is CCC(C(=O)O)N(C(C)C)C(C)C. The Bertz CT molecular complexity index is 158. The van der Waals surface area contributed by atoms with Crippen LogP contribution in [0.25, 0.3) is 0 Å². The van der Waals surface area contributed by atoms with Crippen LogP contribution < -0.4 is 0 Å². The number of hydrogen-bond acceptors (Lipinski definition) is 2. The molecule has 0 spiro atoms. The van der Waals surface area contributed by atoms with Crippen molar-refractivity contribution in [3.8, 4) is 0 Å². The predicted molar refractivity (Wildman–Crippen MR) is 53.8 cm³/mol. The van der Waals surface area contributed by atoms with E-state index in [2.05, 4.69) is 0 Å². The van der Waals surface area contributed by atoms with Crippen LogP contribution in [0.2, 0.25) is 0 Å². The lowest BCUT2D eigenvalue weighted by molar-refractivity contribution is -0.145. The Balaban J connectivity index is 4.59. The predicted octanol–water partition coefficient (Wildman–Crippen LogP) is 1.97. The molecule has 78 valence electrons. The van der Waals surface area contributed by atoms with Gasteiger partial charge >= 0.3 is 5.97 Å². The number of carboxylic acid groups (broad SMARTS) is 1. The van der Waals surface area contributed by atoms with Crippen LogP contribution in [0.15, 0.2) is 0 Å². The molecule has 0 aromatic heterocycles. The molecule has 3 heteroatoms.